The van der Waals surface area contributed by atoms with E-state index in [0.717, 1.165) is 29.0 Å². The van der Waals surface area contributed by atoms with Crippen LogP contribution in [0.15, 0.2) is 21.7 Å². The van der Waals surface area contributed by atoms with E-state index in [2.05, 4.69) is 31.3 Å². The van der Waals surface area contributed by atoms with Crippen LogP contribution >= 0.6 is 28.1 Å². The minimum absolute atomic E-state index is 0.572. The zero-order valence-electron chi connectivity index (χ0n) is 10.2. The topological polar surface area (TPSA) is 43.8 Å². The van der Waals surface area contributed by atoms with E-state index < -0.39 is 0 Å². The van der Waals surface area contributed by atoms with Crippen LogP contribution in [0.25, 0.3) is 0 Å². The van der Waals surface area contributed by atoms with Gasteiger partial charge in [-0.25, -0.2) is 4.98 Å². The van der Waals surface area contributed by atoms with Crippen molar-refractivity contribution in [2.45, 2.75) is 13.3 Å². The van der Waals surface area contributed by atoms with Gasteiger partial charge in [0.2, 0.25) is 0 Å². The fourth-order valence-electron chi connectivity index (χ4n) is 1.62. The summed E-state index contributed by atoms with van der Waals surface area (Å²) >= 11 is 8.76. The second kappa shape index (κ2) is 5.62. The lowest BCUT2D eigenvalue weighted by Gasteiger charge is -2.30. The predicted molar refractivity (Wildman–Crippen MR) is 80.6 cm³/mol. The molecule has 0 aliphatic carbocycles. The first-order chi connectivity index (χ1) is 8.63. The smallest absolute Gasteiger partial charge is 0.195 e. The molecule has 7 heteroatoms. The zero-order valence-corrected chi connectivity index (χ0v) is 12.6. The SMILES string of the molecule is CNC(=S)N(c1ccc(Br)c(C)n1)N1CCC=N1. The van der Waals surface area contributed by atoms with Gasteiger partial charge < -0.3 is 5.32 Å². The standard InChI is InChI=1S/C11H14BrN5S/c1-8-9(12)4-5-10(15-8)17(11(18)13-2)16-7-3-6-14-16/h4-6H,3,7H2,1-2H3,(H,13,18). The second-order valence-electron chi connectivity index (χ2n) is 3.79. The lowest BCUT2D eigenvalue weighted by molar-refractivity contribution is 0.329. The molecule has 0 atom stereocenters. The van der Waals surface area contributed by atoms with E-state index in [1.165, 1.54) is 0 Å². The molecule has 96 valence electrons. The molecule has 1 aromatic heterocycles. The number of hydrazine groups is 1. The Morgan fingerprint density at radius 2 is 2.33 bits per heavy atom. The number of rotatable bonds is 2. The Kier molecular flexibility index (Phi) is 4.13. The van der Waals surface area contributed by atoms with E-state index in [-0.39, 0.29) is 0 Å². The lowest BCUT2D eigenvalue weighted by atomic mass is 10.3. The summed E-state index contributed by atoms with van der Waals surface area (Å²) in [4.78, 5) is 4.52. The van der Waals surface area contributed by atoms with Crippen molar-refractivity contribution >= 4 is 45.3 Å². The van der Waals surface area contributed by atoms with Crippen LogP contribution in [0.3, 0.4) is 0 Å². The third-order valence-electron chi connectivity index (χ3n) is 2.53. The van der Waals surface area contributed by atoms with Crippen molar-refractivity contribution in [3.63, 3.8) is 0 Å². The Labute approximate surface area is 120 Å². The lowest BCUT2D eigenvalue weighted by Crippen LogP contribution is -2.47. The predicted octanol–water partition coefficient (Wildman–Crippen LogP) is 2.07. The molecule has 2 heterocycles. The van der Waals surface area contributed by atoms with Crippen LogP contribution in [0, 0.1) is 6.92 Å². The normalized spacial score (nSPS) is 13.8. The zero-order chi connectivity index (χ0) is 13.1. The average Bonchev–Trinajstić information content (AvgIpc) is 2.87. The molecule has 0 aromatic carbocycles. The molecule has 0 unspecified atom stereocenters. The molecule has 0 amide bonds. The van der Waals surface area contributed by atoms with Gasteiger partial charge in [-0.1, -0.05) is 0 Å². The number of aryl methyl sites for hydroxylation is 1. The quantitative estimate of drug-likeness (QED) is 0.842. The van der Waals surface area contributed by atoms with E-state index >= 15 is 0 Å². The maximum atomic E-state index is 5.32. The molecular formula is C11H14BrN5S. The highest BCUT2D eigenvalue weighted by molar-refractivity contribution is 9.10. The van der Waals surface area contributed by atoms with Crippen LogP contribution in [0.4, 0.5) is 5.82 Å². The highest BCUT2D eigenvalue weighted by Crippen LogP contribution is 2.21. The number of hydrogen-bond donors (Lipinski definition) is 1. The highest BCUT2D eigenvalue weighted by atomic mass is 79.9. The largest absolute Gasteiger partial charge is 0.364 e. The van der Waals surface area contributed by atoms with Crippen LogP contribution in [0.5, 0.6) is 0 Å². The minimum Gasteiger partial charge on any atom is -0.364 e. The number of nitrogens with zero attached hydrogens (tertiary/aromatic N) is 4. The summed E-state index contributed by atoms with van der Waals surface area (Å²) in [6.45, 7) is 2.75. The van der Waals surface area contributed by atoms with Crippen molar-refractivity contribution in [1.29, 1.82) is 0 Å². The van der Waals surface area contributed by atoms with Crippen molar-refractivity contribution in [2.24, 2.45) is 5.10 Å². The Bertz CT molecular complexity index is 490. The van der Waals surface area contributed by atoms with Crippen molar-refractivity contribution in [1.82, 2.24) is 15.4 Å². The van der Waals surface area contributed by atoms with Crippen molar-refractivity contribution in [3.05, 3.63) is 22.3 Å². The van der Waals surface area contributed by atoms with Crippen LogP contribution < -0.4 is 10.3 Å². The fraction of sp³-hybridized carbons (Fsp3) is 0.364. The first kappa shape index (κ1) is 13.2. The average molecular weight is 328 g/mol. The van der Waals surface area contributed by atoms with Gasteiger partial charge >= 0.3 is 0 Å². The number of hydrogen-bond acceptors (Lipinski definition) is 4. The van der Waals surface area contributed by atoms with Crippen LogP contribution in [0.2, 0.25) is 0 Å². The van der Waals surface area contributed by atoms with E-state index in [0.29, 0.717) is 5.11 Å². The molecule has 0 bridgehead atoms. The summed E-state index contributed by atoms with van der Waals surface area (Å²) < 4.78 is 0.978. The summed E-state index contributed by atoms with van der Waals surface area (Å²) in [5.74, 6) is 0.758. The molecule has 0 radical (unpaired) electrons. The number of pyridine rings is 1. The van der Waals surface area contributed by atoms with Gasteiger partial charge in [-0.3, -0.25) is 0 Å². The first-order valence-electron chi connectivity index (χ1n) is 5.58. The van der Waals surface area contributed by atoms with E-state index in [9.17, 15) is 0 Å². The number of aromatic nitrogens is 1. The van der Waals surface area contributed by atoms with E-state index in [1.54, 1.807) is 12.1 Å². The Morgan fingerprint density at radius 1 is 1.56 bits per heavy atom. The van der Waals surface area contributed by atoms with Gasteiger partial charge in [0.1, 0.15) is 0 Å². The molecule has 0 spiro atoms. The van der Waals surface area contributed by atoms with Crippen molar-refractivity contribution in [2.75, 3.05) is 18.6 Å². The number of thiocarbonyl (C=S) groups is 1. The highest BCUT2D eigenvalue weighted by Gasteiger charge is 2.22. The van der Waals surface area contributed by atoms with Crippen LogP contribution in [-0.4, -0.2) is 35.0 Å². The summed E-state index contributed by atoms with van der Waals surface area (Å²) in [5.41, 5.74) is 0.916. The van der Waals surface area contributed by atoms with Crippen molar-refractivity contribution < 1.29 is 0 Å². The summed E-state index contributed by atoms with van der Waals surface area (Å²) in [6.07, 6.45) is 2.79. The Hall–Kier alpha value is -1.21. The van der Waals surface area contributed by atoms with Gasteiger partial charge in [0.25, 0.3) is 0 Å². The Morgan fingerprint density at radius 3 is 2.89 bits per heavy atom. The second-order valence-corrected chi connectivity index (χ2v) is 5.03. The summed E-state index contributed by atoms with van der Waals surface area (Å²) in [6, 6.07) is 3.87. The van der Waals surface area contributed by atoms with Gasteiger partial charge in [0, 0.05) is 24.2 Å². The summed E-state index contributed by atoms with van der Waals surface area (Å²) in [7, 11) is 1.79. The monoisotopic (exact) mass is 327 g/mol. The van der Waals surface area contributed by atoms with E-state index in [1.807, 2.05) is 30.4 Å². The number of nitrogens with one attached hydrogen (secondary N) is 1. The van der Waals surface area contributed by atoms with Gasteiger partial charge in [-0.05, 0) is 47.2 Å². The summed E-state index contributed by atoms with van der Waals surface area (Å²) in [5, 5.41) is 11.4. The van der Waals surface area contributed by atoms with E-state index in [4.69, 9.17) is 12.2 Å². The van der Waals surface area contributed by atoms with Gasteiger partial charge in [-0.15, -0.1) is 0 Å². The van der Waals surface area contributed by atoms with Crippen LogP contribution in [0.1, 0.15) is 12.1 Å². The molecule has 1 aliphatic rings. The van der Waals surface area contributed by atoms with Crippen molar-refractivity contribution in [3.8, 4) is 0 Å². The van der Waals surface area contributed by atoms with Gasteiger partial charge in [0.05, 0.1) is 12.2 Å². The fourth-order valence-corrected chi connectivity index (χ4v) is 2.02. The van der Waals surface area contributed by atoms with Gasteiger partial charge in [0.15, 0.2) is 10.9 Å². The molecule has 0 saturated carbocycles. The molecule has 0 saturated heterocycles. The maximum absolute atomic E-state index is 5.32. The maximum Gasteiger partial charge on any atom is 0.195 e. The minimum atomic E-state index is 0.572. The molecule has 1 aliphatic heterocycles. The molecule has 18 heavy (non-hydrogen) atoms. The molecule has 5 nitrogen and oxygen atoms in total. The molecule has 1 N–H and O–H groups in total. The third kappa shape index (κ3) is 2.62. The molecular weight excluding hydrogens is 314 g/mol. The first-order valence-corrected chi connectivity index (χ1v) is 6.78. The molecule has 1 aromatic rings. The number of halogens is 1. The van der Waals surface area contributed by atoms with Crippen LogP contribution in [-0.2, 0) is 0 Å². The molecule has 0 fully saturated rings. The third-order valence-corrected chi connectivity index (χ3v) is 3.75. The Balaban J connectivity index is 2.35. The number of anilines is 1. The van der Waals surface area contributed by atoms with Gasteiger partial charge in [-0.2, -0.15) is 15.2 Å². The number of hydrazone groups is 1. The molecule has 2 rings (SSSR count).